The second-order valence-corrected chi connectivity index (χ2v) is 5.78. The predicted molar refractivity (Wildman–Crippen MR) is 73.3 cm³/mol. The molecular formula is C15H18ClNO. The molecule has 0 amide bonds. The van der Waals surface area contributed by atoms with Gasteiger partial charge in [0.2, 0.25) is 0 Å². The molecule has 2 nitrogen and oxygen atoms in total. The first kappa shape index (κ1) is 12.2. The minimum atomic E-state index is 0.175. The lowest BCUT2D eigenvalue weighted by Crippen LogP contribution is -2.34. The van der Waals surface area contributed by atoms with Crippen LogP contribution in [0.4, 0.5) is 0 Å². The number of rotatable bonds is 2. The minimum Gasteiger partial charge on any atom is -0.303 e. The lowest BCUT2D eigenvalue weighted by Gasteiger charge is -2.27. The Morgan fingerprint density at radius 2 is 2.06 bits per heavy atom. The first-order chi connectivity index (χ1) is 8.75. The summed E-state index contributed by atoms with van der Waals surface area (Å²) in [6.07, 6.45) is 4.46. The van der Waals surface area contributed by atoms with E-state index < -0.39 is 0 Å². The third-order valence-corrected chi connectivity index (χ3v) is 4.53. The lowest BCUT2D eigenvalue weighted by atomic mass is 9.82. The number of ketones is 1. The second kappa shape index (κ2) is 5.02. The molecule has 1 aliphatic heterocycles. The molecule has 1 unspecified atom stereocenters. The van der Waals surface area contributed by atoms with Crippen LogP contribution in [0.1, 0.15) is 35.2 Å². The van der Waals surface area contributed by atoms with Gasteiger partial charge in [0.1, 0.15) is 0 Å². The van der Waals surface area contributed by atoms with Gasteiger partial charge in [-0.2, -0.15) is 0 Å². The summed E-state index contributed by atoms with van der Waals surface area (Å²) in [4.78, 5) is 14.9. The van der Waals surface area contributed by atoms with E-state index in [-0.39, 0.29) is 5.92 Å². The van der Waals surface area contributed by atoms with Crippen molar-refractivity contribution in [2.45, 2.75) is 25.7 Å². The van der Waals surface area contributed by atoms with Gasteiger partial charge in [0, 0.05) is 23.0 Å². The quantitative estimate of drug-likeness (QED) is 0.817. The molecule has 0 bridgehead atoms. The fourth-order valence-corrected chi connectivity index (χ4v) is 3.43. The van der Waals surface area contributed by atoms with Crippen molar-refractivity contribution >= 4 is 17.4 Å². The number of fused-ring (bicyclic) bond motifs is 1. The highest BCUT2D eigenvalue weighted by atomic mass is 35.5. The van der Waals surface area contributed by atoms with Crippen LogP contribution >= 0.6 is 11.6 Å². The minimum absolute atomic E-state index is 0.175. The van der Waals surface area contributed by atoms with Crippen LogP contribution in [0.2, 0.25) is 5.02 Å². The monoisotopic (exact) mass is 263 g/mol. The van der Waals surface area contributed by atoms with E-state index in [1.807, 2.05) is 18.2 Å². The smallest absolute Gasteiger partial charge is 0.167 e. The Morgan fingerprint density at radius 1 is 1.28 bits per heavy atom. The summed E-state index contributed by atoms with van der Waals surface area (Å²) >= 11 is 6.16. The molecule has 3 heteroatoms. The maximum absolute atomic E-state index is 12.5. The summed E-state index contributed by atoms with van der Waals surface area (Å²) in [5.41, 5.74) is 1.92. The van der Waals surface area contributed by atoms with Gasteiger partial charge in [0.15, 0.2) is 5.78 Å². The van der Waals surface area contributed by atoms with Crippen LogP contribution in [0.25, 0.3) is 0 Å². The van der Waals surface area contributed by atoms with Crippen LogP contribution in [0.15, 0.2) is 18.2 Å². The largest absolute Gasteiger partial charge is 0.303 e. The van der Waals surface area contributed by atoms with Crippen molar-refractivity contribution < 1.29 is 4.79 Å². The number of benzene rings is 1. The zero-order chi connectivity index (χ0) is 12.5. The number of likely N-dealkylation sites (tertiary alicyclic amines) is 1. The van der Waals surface area contributed by atoms with E-state index in [4.69, 9.17) is 11.6 Å². The molecule has 18 heavy (non-hydrogen) atoms. The van der Waals surface area contributed by atoms with Crippen molar-refractivity contribution in [3.8, 4) is 0 Å². The number of halogens is 1. The van der Waals surface area contributed by atoms with Crippen LogP contribution in [-0.4, -0.2) is 30.3 Å². The van der Waals surface area contributed by atoms with Crippen LogP contribution < -0.4 is 0 Å². The highest BCUT2D eigenvalue weighted by Crippen LogP contribution is 2.31. The van der Waals surface area contributed by atoms with Gasteiger partial charge in [0.25, 0.3) is 0 Å². The molecule has 1 aromatic carbocycles. The summed E-state index contributed by atoms with van der Waals surface area (Å²) in [6, 6.07) is 5.70. The van der Waals surface area contributed by atoms with Gasteiger partial charge in [-0.1, -0.05) is 23.7 Å². The fourth-order valence-electron chi connectivity index (χ4n) is 3.16. The van der Waals surface area contributed by atoms with Gasteiger partial charge in [-0.3, -0.25) is 4.79 Å². The summed E-state index contributed by atoms with van der Waals surface area (Å²) in [7, 11) is 0. The Morgan fingerprint density at radius 3 is 2.83 bits per heavy atom. The van der Waals surface area contributed by atoms with E-state index in [0.29, 0.717) is 5.78 Å². The van der Waals surface area contributed by atoms with Crippen molar-refractivity contribution in [3.05, 3.63) is 34.3 Å². The number of carbonyl (C=O) groups excluding carboxylic acids is 1. The summed E-state index contributed by atoms with van der Waals surface area (Å²) in [5, 5.41) is 0.750. The van der Waals surface area contributed by atoms with E-state index in [2.05, 4.69) is 4.90 Å². The van der Waals surface area contributed by atoms with Crippen LogP contribution in [-0.2, 0) is 6.42 Å². The van der Waals surface area contributed by atoms with Gasteiger partial charge in [0.05, 0.1) is 0 Å². The Kier molecular flexibility index (Phi) is 3.40. The van der Waals surface area contributed by atoms with Crippen LogP contribution in [0.5, 0.6) is 0 Å². The molecule has 1 fully saturated rings. The van der Waals surface area contributed by atoms with E-state index >= 15 is 0 Å². The van der Waals surface area contributed by atoms with Gasteiger partial charge in [-0.15, -0.1) is 0 Å². The summed E-state index contributed by atoms with van der Waals surface area (Å²) < 4.78 is 0. The van der Waals surface area contributed by atoms with Crippen molar-refractivity contribution in [1.29, 1.82) is 0 Å². The normalized spacial score (nSPS) is 24.3. The van der Waals surface area contributed by atoms with Crippen molar-refractivity contribution in [3.63, 3.8) is 0 Å². The second-order valence-electron chi connectivity index (χ2n) is 5.37. The average Bonchev–Trinajstić information content (AvgIpc) is 2.86. The Hall–Kier alpha value is -0.860. The number of hydrogen-bond donors (Lipinski definition) is 0. The van der Waals surface area contributed by atoms with Crippen LogP contribution in [0, 0.1) is 5.92 Å². The van der Waals surface area contributed by atoms with Crippen molar-refractivity contribution in [1.82, 2.24) is 4.90 Å². The van der Waals surface area contributed by atoms with E-state index in [9.17, 15) is 4.79 Å². The number of Topliss-reactive ketones (excluding diaryl/α,β-unsaturated/α-hetero) is 1. The molecule has 0 saturated carbocycles. The summed E-state index contributed by atoms with van der Waals surface area (Å²) in [5.74, 6) is 0.472. The van der Waals surface area contributed by atoms with Crippen LogP contribution in [0.3, 0.4) is 0 Å². The van der Waals surface area contributed by atoms with E-state index in [0.717, 1.165) is 48.6 Å². The summed E-state index contributed by atoms with van der Waals surface area (Å²) in [6.45, 7) is 3.25. The molecule has 96 valence electrons. The number of carbonyl (C=O) groups is 1. The van der Waals surface area contributed by atoms with Crippen molar-refractivity contribution in [2.75, 3.05) is 19.6 Å². The van der Waals surface area contributed by atoms with Gasteiger partial charge < -0.3 is 4.90 Å². The molecule has 0 spiro atoms. The highest BCUT2D eigenvalue weighted by Gasteiger charge is 2.30. The standard InChI is InChI=1S/C15H18ClNO/c16-14-5-3-4-13-12(14)7-6-11(15(13)18)10-17-8-1-2-9-17/h3-5,11H,1-2,6-10H2. The Balaban J connectivity index is 1.79. The molecule has 0 aromatic heterocycles. The maximum Gasteiger partial charge on any atom is 0.167 e. The average molecular weight is 264 g/mol. The molecular weight excluding hydrogens is 246 g/mol. The zero-order valence-corrected chi connectivity index (χ0v) is 11.2. The molecule has 1 aliphatic carbocycles. The molecule has 1 atom stereocenters. The molecule has 3 rings (SSSR count). The highest BCUT2D eigenvalue weighted by molar-refractivity contribution is 6.32. The topological polar surface area (TPSA) is 20.3 Å². The first-order valence-corrected chi connectivity index (χ1v) is 7.17. The van der Waals surface area contributed by atoms with E-state index in [1.165, 1.54) is 12.8 Å². The van der Waals surface area contributed by atoms with Gasteiger partial charge in [-0.05, 0) is 50.4 Å². The third kappa shape index (κ3) is 2.19. The molecule has 1 aromatic rings. The Bertz CT molecular complexity index is 466. The van der Waals surface area contributed by atoms with E-state index in [1.54, 1.807) is 0 Å². The van der Waals surface area contributed by atoms with Gasteiger partial charge in [-0.25, -0.2) is 0 Å². The maximum atomic E-state index is 12.5. The molecule has 1 heterocycles. The predicted octanol–water partition coefficient (Wildman–Crippen LogP) is 3.18. The van der Waals surface area contributed by atoms with Gasteiger partial charge >= 0.3 is 0 Å². The lowest BCUT2D eigenvalue weighted by molar-refractivity contribution is 0.0869. The number of nitrogens with zero attached hydrogens (tertiary/aromatic N) is 1. The number of hydrogen-bond acceptors (Lipinski definition) is 2. The van der Waals surface area contributed by atoms with Crippen molar-refractivity contribution in [2.24, 2.45) is 5.92 Å². The third-order valence-electron chi connectivity index (χ3n) is 4.18. The molecule has 2 aliphatic rings. The Labute approximate surface area is 113 Å². The first-order valence-electron chi connectivity index (χ1n) is 6.79. The molecule has 1 saturated heterocycles. The SMILES string of the molecule is O=C1c2cccc(Cl)c2CCC1CN1CCCC1. The zero-order valence-electron chi connectivity index (χ0n) is 10.5. The molecule has 0 radical (unpaired) electrons. The molecule has 0 N–H and O–H groups in total. The fraction of sp³-hybridized carbons (Fsp3) is 0.533.